The number of nitrogens with zero attached hydrogens (tertiary/aromatic N) is 1. The van der Waals surface area contributed by atoms with Crippen molar-refractivity contribution in [2.75, 3.05) is 47.5 Å². The van der Waals surface area contributed by atoms with Crippen molar-refractivity contribution in [3.8, 4) is 0 Å². The minimum absolute atomic E-state index is 0.184. The van der Waals surface area contributed by atoms with E-state index in [4.69, 9.17) is 18.9 Å². The van der Waals surface area contributed by atoms with Gasteiger partial charge in [-0.3, -0.25) is 9.59 Å². The van der Waals surface area contributed by atoms with Gasteiger partial charge in [0.15, 0.2) is 6.10 Å². The van der Waals surface area contributed by atoms with Gasteiger partial charge in [0.1, 0.15) is 13.2 Å². The molecule has 0 saturated carbocycles. The fourth-order valence-corrected chi connectivity index (χ4v) is 8.78. The van der Waals surface area contributed by atoms with Crippen LogP contribution in [0.3, 0.4) is 0 Å². The van der Waals surface area contributed by atoms with Crippen molar-refractivity contribution in [2.24, 2.45) is 0 Å². The lowest BCUT2D eigenvalue weighted by Gasteiger charge is -2.25. The number of hydrogen-bond acceptors (Lipinski definition) is 7. The summed E-state index contributed by atoms with van der Waals surface area (Å²) in [5.74, 6) is -2.01. The van der Waals surface area contributed by atoms with Gasteiger partial charge in [0.05, 0.1) is 34.4 Å². The number of unbranched alkanes of at least 4 members (excludes halogenated alkanes) is 29. The Kier molecular flexibility index (Phi) is 55.9. The molecule has 0 spiro atoms. The van der Waals surface area contributed by atoms with E-state index in [0.717, 1.165) is 83.5 Å². The molecule has 9 heteroatoms. The van der Waals surface area contributed by atoms with Crippen LogP contribution in [0, 0.1) is 0 Å². The first kappa shape index (κ1) is 73.5. The zero-order valence-electron chi connectivity index (χ0n) is 50.6. The molecule has 444 valence electrons. The van der Waals surface area contributed by atoms with Crippen LogP contribution in [0.5, 0.6) is 0 Å². The van der Waals surface area contributed by atoms with E-state index in [2.05, 4.69) is 98.9 Å². The van der Waals surface area contributed by atoms with Crippen LogP contribution in [-0.4, -0.2) is 87.4 Å². The molecule has 0 saturated heterocycles. The Balaban J connectivity index is 4.21. The summed E-state index contributed by atoms with van der Waals surface area (Å²) in [6.45, 7) is 4.78. The Labute approximate surface area is 474 Å². The monoisotopic (exact) mass is 1080 g/mol. The van der Waals surface area contributed by atoms with Crippen molar-refractivity contribution >= 4 is 17.9 Å². The fourth-order valence-electron chi connectivity index (χ4n) is 8.78. The molecule has 0 rings (SSSR count). The molecule has 0 aliphatic heterocycles. The lowest BCUT2D eigenvalue weighted by Crippen LogP contribution is -2.40. The van der Waals surface area contributed by atoms with Gasteiger partial charge in [-0.15, -0.1) is 0 Å². The summed E-state index contributed by atoms with van der Waals surface area (Å²) in [5.41, 5.74) is 0. The Morgan fingerprint density at radius 3 is 1.12 bits per heavy atom. The molecule has 2 unspecified atom stereocenters. The lowest BCUT2D eigenvalue weighted by atomic mass is 10.0. The molecule has 0 fully saturated rings. The average molecular weight is 1080 g/mol. The van der Waals surface area contributed by atoms with Gasteiger partial charge in [-0.05, 0) is 89.9 Å². The number of quaternary nitrogens is 1. The largest absolute Gasteiger partial charge is 0.477 e. The van der Waals surface area contributed by atoms with Gasteiger partial charge in [-0.1, -0.05) is 253 Å². The molecule has 0 heterocycles. The van der Waals surface area contributed by atoms with Gasteiger partial charge in [0.2, 0.25) is 0 Å². The van der Waals surface area contributed by atoms with Crippen LogP contribution < -0.4 is 0 Å². The second-order valence-corrected chi connectivity index (χ2v) is 22.3. The summed E-state index contributed by atoms with van der Waals surface area (Å²) in [7, 11) is 5.97. The summed E-state index contributed by atoms with van der Waals surface area (Å²) >= 11 is 0. The van der Waals surface area contributed by atoms with Crippen molar-refractivity contribution in [1.29, 1.82) is 0 Å². The predicted octanol–water partition coefficient (Wildman–Crippen LogP) is 19.1. The first-order valence-corrected chi connectivity index (χ1v) is 31.8. The number of carboxylic acid groups (broad SMARTS) is 1. The van der Waals surface area contributed by atoms with Crippen LogP contribution in [0.15, 0.2) is 85.1 Å². The molecule has 2 atom stereocenters. The van der Waals surface area contributed by atoms with E-state index in [9.17, 15) is 19.5 Å². The Hall–Kier alpha value is -3.53. The average Bonchev–Trinajstić information content (AvgIpc) is 3.40. The maximum absolute atomic E-state index is 12.9. The highest BCUT2D eigenvalue weighted by Gasteiger charge is 2.25. The first-order valence-electron chi connectivity index (χ1n) is 31.8. The molecule has 1 N–H and O–H groups in total. The predicted molar refractivity (Wildman–Crippen MR) is 327 cm³/mol. The zero-order chi connectivity index (χ0) is 56.2. The van der Waals surface area contributed by atoms with E-state index in [0.29, 0.717) is 23.9 Å². The highest BCUT2D eigenvalue weighted by Crippen LogP contribution is 2.16. The van der Waals surface area contributed by atoms with Crippen LogP contribution >= 0.6 is 0 Å². The third kappa shape index (κ3) is 60.0. The summed E-state index contributed by atoms with van der Waals surface area (Å²) < 4.78 is 22.9. The highest BCUT2D eigenvalue weighted by atomic mass is 16.7. The highest BCUT2D eigenvalue weighted by molar-refractivity contribution is 5.71. The van der Waals surface area contributed by atoms with Gasteiger partial charge in [-0.2, -0.15) is 0 Å². The van der Waals surface area contributed by atoms with E-state index < -0.39 is 24.3 Å². The molecule has 0 aliphatic carbocycles. The van der Waals surface area contributed by atoms with Crippen molar-refractivity contribution in [3.05, 3.63) is 85.1 Å². The van der Waals surface area contributed by atoms with E-state index in [-0.39, 0.29) is 32.2 Å². The zero-order valence-corrected chi connectivity index (χ0v) is 50.6. The minimum Gasteiger partial charge on any atom is -0.477 e. The van der Waals surface area contributed by atoms with E-state index in [1.54, 1.807) is 0 Å². The van der Waals surface area contributed by atoms with Crippen LogP contribution in [0.2, 0.25) is 0 Å². The second kappa shape index (κ2) is 58.6. The number of likely N-dealkylation sites (N-methyl/N-ethyl adjacent to an activating group) is 1. The quantitative estimate of drug-likeness (QED) is 0.0211. The Bertz CT molecular complexity index is 1540. The van der Waals surface area contributed by atoms with Gasteiger partial charge < -0.3 is 28.5 Å². The number of carboxylic acids is 1. The molecule has 9 nitrogen and oxygen atoms in total. The van der Waals surface area contributed by atoms with Crippen LogP contribution in [0.4, 0.5) is 0 Å². The van der Waals surface area contributed by atoms with Gasteiger partial charge in [0.25, 0.3) is 6.29 Å². The molecule has 0 aromatic carbocycles. The number of carbonyl (C=O) groups excluding carboxylic acids is 2. The Morgan fingerprint density at radius 1 is 0.403 bits per heavy atom. The van der Waals surface area contributed by atoms with Crippen LogP contribution in [0.1, 0.15) is 271 Å². The maximum Gasteiger partial charge on any atom is 0.361 e. The first-order chi connectivity index (χ1) is 37.6. The smallest absolute Gasteiger partial charge is 0.361 e. The number of ether oxygens (including phenoxy) is 4. The minimum atomic E-state index is -1.52. The van der Waals surface area contributed by atoms with E-state index in [1.807, 2.05) is 21.1 Å². The van der Waals surface area contributed by atoms with Crippen molar-refractivity contribution in [1.82, 2.24) is 0 Å². The number of allylic oxidation sites excluding steroid dienone is 14. The molecular formula is C68H120NO8+. The van der Waals surface area contributed by atoms with Crippen molar-refractivity contribution in [3.63, 3.8) is 0 Å². The normalized spacial score (nSPS) is 13.3. The summed E-state index contributed by atoms with van der Waals surface area (Å²) in [4.78, 5) is 37.5. The lowest BCUT2D eigenvalue weighted by molar-refractivity contribution is -0.870. The molecule has 0 aromatic heterocycles. The summed E-state index contributed by atoms with van der Waals surface area (Å²) in [6, 6.07) is 0. The number of aliphatic carboxylic acids is 1. The van der Waals surface area contributed by atoms with E-state index >= 15 is 0 Å². The molecule has 77 heavy (non-hydrogen) atoms. The topological polar surface area (TPSA) is 108 Å². The van der Waals surface area contributed by atoms with Crippen molar-refractivity contribution in [2.45, 2.75) is 283 Å². The maximum atomic E-state index is 12.9. The third-order valence-corrected chi connectivity index (χ3v) is 13.6. The SMILES string of the molecule is CC/C=C\C/C=C\C/C=C\C/C=C\C/C=C\C/C=C\CCCCCCCCCCCCC(=O)OC(COC(=O)CCCCCCCCCCCCC/C=C\CCCCCCCCCC)COC(OCC[N+](C)(C)C)C(=O)O. The molecular weight excluding hydrogens is 959 g/mol. The molecule has 0 amide bonds. The van der Waals surface area contributed by atoms with Gasteiger partial charge in [-0.25, -0.2) is 4.79 Å². The number of carbonyl (C=O) groups is 3. The molecule has 0 bridgehead atoms. The number of hydrogen-bond donors (Lipinski definition) is 1. The standard InChI is InChI=1S/C68H119NO8/c1-6-8-10-12-14-16-18-20-22-24-26-28-30-31-32-33-34-35-37-39-41-43-45-47-49-51-53-55-57-59-66(71)77-64(63-76-68(67(72)73)74-61-60-69(3,4)5)62-75-65(70)58-56-54-52-50-48-46-44-42-40-38-36-29-27-25-23-21-19-17-15-13-11-9-7-2/h8,10,14,16,20,22,25-28,31-32,34-35,64,68H,6-7,9,11-13,15,17-19,21,23-24,29-30,33,36-63H2,1-5H3/p+1/b10-8-,16-14-,22-20-,27-25-,28-26-,32-31-,35-34-. The molecule has 0 aliphatic rings. The van der Waals surface area contributed by atoms with Crippen LogP contribution in [0.25, 0.3) is 0 Å². The second-order valence-electron chi connectivity index (χ2n) is 22.3. The van der Waals surface area contributed by atoms with Gasteiger partial charge in [0, 0.05) is 12.8 Å². The fraction of sp³-hybridized carbons (Fsp3) is 0.750. The summed E-state index contributed by atoms with van der Waals surface area (Å²) in [5, 5.41) is 9.73. The Morgan fingerprint density at radius 2 is 0.740 bits per heavy atom. The third-order valence-electron chi connectivity index (χ3n) is 13.6. The van der Waals surface area contributed by atoms with Crippen LogP contribution in [-0.2, 0) is 33.3 Å². The summed E-state index contributed by atoms with van der Waals surface area (Å²) in [6.07, 6.45) is 75.2. The van der Waals surface area contributed by atoms with Gasteiger partial charge >= 0.3 is 17.9 Å². The number of rotatable bonds is 58. The van der Waals surface area contributed by atoms with Crippen molar-refractivity contribution < 1.29 is 42.9 Å². The van der Waals surface area contributed by atoms with E-state index in [1.165, 1.54) is 154 Å². The molecule has 0 aromatic rings. The molecule has 0 radical (unpaired) electrons. The number of esters is 2.